The van der Waals surface area contributed by atoms with Crippen molar-refractivity contribution in [1.82, 2.24) is 24.5 Å². The lowest BCUT2D eigenvalue weighted by Gasteiger charge is -2.02. The molecule has 10 nitrogen and oxygen atoms in total. The Balaban J connectivity index is 1.85. The van der Waals surface area contributed by atoms with E-state index in [1.54, 1.807) is 6.20 Å². The molecule has 0 aliphatic heterocycles. The fourth-order valence-electron chi connectivity index (χ4n) is 2.03. The highest BCUT2D eigenvalue weighted by Crippen LogP contribution is 2.12. The predicted molar refractivity (Wildman–Crippen MR) is 83.2 cm³/mol. The third-order valence-corrected chi connectivity index (χ3v) is 4.13. The summed E-state index contributed by atoms with van der Waals surface area (Å²) < 4.78 is 25.2. The van der Waals surface area contributed by atoms with E-state index in [-0.39, 0.29) is 11.4 Å². The van der Waals surface area contributed by atoms with Crippen LogP contribution in [0.3, 0.4) is 0 Å². The van der Waals surface area contributed by atoms with Gasteiger partial charge in [-0.25, -0.2) is 23.0 Å². The largest absolute Gasteiger partial charge is 0.328 e. The number of nitrogens with zero attached hydrogens (tertiary/aromatic N) is 4. The number of rotatable bonds is 4. The van der Waals surface area contributed by atoms with Gasteiger partial charge in [0.1, 0.15) is 5.69 Å². The molecule has 0 bridgehead atoms. The van der Waals surface area contributed by atoms with Gasteiger partial charge < -0.3 is 0 Å². The third kappa shape index (κ3) is 3.31. The topological polar surface area (TPSA) is 146 Å². The molecule has 124 valence electrons. The Morgan fingerprint density at radius 1 is 1.12 bits per heavy atom. The number of H-pyrrole nitrogens is 1. The molecule has 1 aromatic carbocycles. The molecule has 3 rings (SSSR count). The summed E-state index contributed by atoms with van der Waals surface area (Å²) in [6.07, 6.45) is 2.95. The molecule has 0 atom stereocenters. The molecule has 0 saturated carbocycles. The minimum Gasteiger partial charge on any atom is -0.294 e. The van der Waals surface area contributed by atoms with Gasteiger partial charge in [-0.2, -0.15) is 0 Å². The number of nitrogens with two attached hydrogens (primary N) is 1. The van der Waals surface area contributed by atoms with E-state index in [9.17, 15) is 18.0 Å². The maximum absolute atomic E-state index is 11.6. The highest BCUT2D eigenvalue weighted by atomic mass is 32.2. The van der Waals surface area contributed by atoms with Gasteiger partial charge in [0.2, 0.25) is 10.0 Å². The number of primary sulfonamides is 1. The lowest BCUT2D eigenvalue weighted by atomic mass is 10.3. The first-order valence-corrected chi connectivity index (χ1v) is 8.22. The molecule has 0 fully saturated rings. The normalized spacial score (nSPS) is 11.5. The van der Waals surface area contributed by atoms with Gasteiger partial charge in [0.15, 0.2) is 0 Å². The quantitative estimate of drug-likeness (QED) is 0.606. The Bertz CT molecular complexity index is 1090. The summed E-state index contributed by atoms with van der Waals surface area (Å²) in [4.78, 5) is 24.8. The molecule has 2 heterocycles. The number of hydrogen-bond acceptors (Lipinski definition) is 6. The molecule has 11 heteroatoms. The summed E-state index contributed by atoms with van der Waals surface area (Å²) in [5, 5.41) is 12.9. The van der Waals surface area contributed by atoms with Gasteiger partial charge in [-0.15, -0.1) is 5.10 Å². The number of hydrogen-bond donors (Lipinski definition) is 2. The number of nitrogens with one attached hydrogen (secondary N) is 1. The number of benzene rings is 1. The van der Waals surface area contributed by atoms with Gasteiger partial charge in [-0.3, -0.25) is 14.3 Å². The van der Waals surface area contributed by atoms with Crippen molar-refractivity contribution in [3.05, 3.63) is 69.3 Å². The molecule has 0 spiro atoms. The number of aromatic nitrogens is 5. The van der Waals surface area contributed by atoms with Crippen molar-refractivity contribution in [2.24, 2.45) is 5.14 Å². The van der Waals surface area contributed by atoms with Crippen LogP contribution in [0.5, 0.6) is 0 Å². The van der Waals surface area contributed by atoms with Gasteiger partial charge in [0.05, 0.1) is 23.3 Å². The zero-order valence-corrected chi connectivity index (χ0v) is 13.0. The number of aromatic amines is 1. The lowest BCUT2D eigenvalue weighted by Crippen LogP contribution is -2.28. The Kier molecular flexibility index (Phi) is 3.87. The Hall–Kier alpha value is -3.05. The lowest BCUT2D eigenvalue weighted by molar-refractivity contribution is 0.598. The molecule has 3 N–H and O–H groups in total. The summed E-state index contributed by atoms with van der Waals surface area (Å²) in [6, 6.07) is 7.02. The minimum atomic E-state index is -3.76. The van der Waals surface area contributed by atoms with Crippen LogP contribution >= 0.6 is 0 Å². The maximum Gasteiger partial charge on any atom is 0.328 e. The van der Waals surface area contributed by atoms with Crippen LogP contribution in [0.25, 0.3) is 5.69 Å². The highest BCUT2D eigenvalue weighted by molar-refractivity contribution is 7.89. The van der Waals surface area contributed by atoms with Crippen molar-refractivity contribution in [2.45, 2.75) is 11.4 Å². The monoisotopic (exact) mass is 348 g/mol. The van der Waals surface area contributed by atoms with Crippen molar-refractivity contribution >= 4 is 10.0 Å². The van der Waals surface area contributed by atoms with Gasteiger partial charge in [-0.05, 0) is 24.3 Å². The maximum atomic E-state index is 11.6. The molecular formula is C13H12N6O4S. The van der Waals surface area contributed by atoms with E-state index < -0.39 is 21.3 Å². The molecule has 0 unspecified atom stereocenters. The van der Waals surface area contributed by atoms with Crippen molar-refractivity contribution in [3.63, 3.8) is 0 Å². The third-order valence-electron chi connectivity index (χ3n) is 3.20. The fraction of sp³-hybridized carbons (Fsp3) is 0.0769. The van der Waals surface area contributed by atoms with E-state index in [1.807, 2.05) is 0 Å². The first kappa shape index (κ1) is 15.8. The average Bonchev–Trinajstić information content (AvgIpc) is 2.98. The summed E-state index contributed by atoms with van der Waals surface area (Å²) in [7, 11) is -3.76. The summed E-state index contributed by atoms with van der Waals surface area (Å²) >= 11 is 0. The molecule has 2 aromatic heterocycles. The molecule has 3 aromatic rings. The minimum absolute atomic E-state index is 0.00798. The second kappa shape index (κ2) is 5.86. The molecule has 0 aliphatic carbocycles. The van der Waals surface area contributed by atoms with Gasteiger partial charge in [-0.1, -0.05) is 5.21 Å². The SMILES string of the molecule is NS(=O)(=O)c1ccc(-n2cc(Cn3ccc(=O)[nH]c3=O)nn2)cc1. The summed E-state index contributed by atoms with van der Waals surface area (Å²) in [5.74, 6) is 0. The van der Waals surface area contributed by atoms with Gasteiger partial charge in [0, 0.05) is 12.3 Å². The van der Waals surface area contributed by atoms with Crippen LogP contribution in [0.1, 0.15) is 5.69 Å². The van der Waals surface area contributed by atoms with Crippen LogP contribution in [0, 0.1) is 0 Å². The Morgan fingerprint density at radius 2 is 1.83 bits per heavy atom. The fourth-order valence-corrected chi connectivity index (χ4v) is 2.54. The smallest absolute Gasteiger partial charge is 0.294 e. The Morgan fingerprint density at radius 3 is 2.46 bits per heavy atom. The van der Waals surface area contributed by atoms with E-state index in [0.717, 1.165) is 0 Å². The Labute approximate surface area is 135 Å². The summed E-state index contributed by atoms with van der Waals surface area (Å²) in [6.45, 7) is 0.130. The van der Waals surface area contributed by atoms with Crippen molar-refractivity contribution in [1.29, 1.82) is 0 Å². The van der Waals surface area contributed by atoms with Crippen molar-refractivity contribution < 1.29 is 8.42 Å². The first-order chi connectivity index (χ1) is 11.3. The molecule has 24 heavy (non-hydrogen) atoms. The molecule has 0 amide bonds. The second-order valence-electron chi connectivity index (χ2n) is 4.93. The standard InChI is InChI=1S/C13H12N6O4S/c14-24(22,23)11-3-1-10(2-4-11)19-8-9(16-17-19)7-18-6-5-12(20)15-13(18)21/h1-6,8H,7H2,(H2,14,22,23)(H,15,20,21). The first-order valence-electron chi connectivity index (χ1n) is 6.67. The van der Waals surface area contributed by atoms with E-state index >= 15 is 0 Å². The predicted octanol–water partition coefficient (Wildman–Crippen LogP) is -1.19. The zero-order chi connectivity index (χ0) is 17.3. The van der Waals surface area contributed by atoms with Gasteiger partial charge >= 0.3 is 5.69 Å². The molecule has 0 aliphatic rings. The summed E-state index contributed by atoms with van der Waals surface area (Å²) in [5.41, 5.74) is 0.0408. The van der Waals surface area contributed by atoms with Crippen LogP contribution in [0.4, 0.5) is 0 Å². The van der Waals surface area contributed by atoms with Crippen molar-refractivity contribution in [3.8, 4) is 5.69 Å². The van der Waals surface area contributed by atoms with Crippen LogP contribution in [-0.2, 0) is 16.6 Å². The van der Waals surface area contributed by atoms with Crippen LogP contribution in [-0.4, -0.2) is 33.0 Å². The van der Waals surface area contributed by atoms with Crippen LogP contribution in [0.15, 0.2) is 57.2 Å². The second-order valence-corrected chi connectivity index (χ2v) is 6.49. The zero-order valence-electron chi connectivity index (χ0n) is 12.2. The van der Waals surface area contributed by atoms with Crippen LogP contribution < -0.4 is 16.4 Å². The average molecular weight is 348 g/mol. The van der Waals surface area contributed by atoms with E-state index in [4.69, 9.17) is 5.14 Å². The molecular weight excluding hydrogens is 336 g/mol. The molecule has 0 saturated heterocycles. The van der Waals surface area contributed by atoms with E-state index in [0.29, 0.717) is 11.4 Å². The van der Waals surface area contributed by atoms with E-state index in [1.165, 1.54) is 45.8 Å². The van der Waals surface area contributed by atoms with E-state index in [2.05, 4.69) is 15.3 Å². The highest BCUT2D eigenvalue weighted by Gasteiger charge is 2.09. The number of sulfonamides is 1. The molecule has 0 radical (unpaired) electrons. The van der Waals surface area contributed by atoms with Crippen LogP contribution in [0.2, 0.25) is 0 Å². The van der Waals surface area contributed by atoms with Crippen molar-refractivity contribution in [2.75, 3.05) is 0 Å². The van der Waals surface area contributed by atoms with Gasteiger partial charge in [0.25, 0.3) is 5.56 Å².